The van der Waals surface area contributed by atoms with E-state index in [0.717, 1.165) is 12.8 Å². The number of hydrogen-bond acceptors (Lipinski definition) is 2. The van der Waals surface area contributed by atoms with Crippen LogP contribution in [-0.2, 0) is 0 Å². The van der Waals surface area contributed by atoms with Gasteiger partial charge in [0.25, 0.3) is 0 Å². The number of hydrogen-bond donors (Lipinski definition) is 2. The van der Waals surface area contributed by atoms with Crippen molar-refractivity contribution in [1.82, 2.24) is 4.90 Å². The maximum Gasteiger partial charge on any atom is 0.0921 e. The van der Waals surface area contributed by atoms with E-state index in [1.165, 1.54) is 58.0 Å². The van der Waals surface area contributed by atoms with Crippen LogP contribution >= 0.6 is 0 Å². The van der Waals surface area contributed by atoms with Crippen LogP contribution in [0.15, 0.2) is 0 Å². The van der Waals surface area contributed by atoms with E-state index in [1.807, 2.05) is 0 Å². The molecule has 2 rings (SSSR count). The highest BCUT2D eigenvalue weighted by Gasteiger charge is 2.36. The third-order valence-corrected chi connectivity index (χ3v) is 5.22. The second kappa shape index (κ2) is 6.05. The van der Waals surface area contributed by atoms with E-state index in [1.54, 1.807) is 0 Å². The predicted molar refractivity (Wildman–Crippen MR) is 76.9 cm³/mol. The number of nitrogens with zero attached hydrogens (tertiary/aromatic N) is 1. The Bertz CT molecular complexity index is 271. The fourth-order valence-corrected chi connectivity index (χ4v) is 3.95. The van der Waals surface area contributed by atoms with Gasteiger partial charge in [0.2, 0.25) is 0 Å². The minimum absolute atomic E-state index is 0.347. The monoisotopic (exact) mass is 251 g/mol. The van der Waals surface area contributed by atoms with E-state index in [0.29, 0.717) is 17.3 Å². The Kier molecular flexibility index (Phi) is 4.66. The summed E-state index contributed by atoms with van der Waals surface area (Å²) in [4.78, 5) is 2.58. The lowest BCUT2D eigenvalue weighted by Gasteiger charge is -2.46. The summed E-state index contributed by atoms with van der Waals surface area (Å²) in [5.41, 5.74) is 6.25. The van der Waals surface area contributed by atoms with E-state index in [9.17, 15) is 0 Å². The first kappa shape index (κ1) is 13.9. The van der Waals surface area contributed by atoms with Crippen LogP contribution in [0, 0.1) is 10.8 Å². The van der Waals surface area contributed by atoms with Crippen LogP contribution in [0.25, 0.3) is 0 Å². The molecule has 18 heavy (non-hydrogen) atoms. The lowest BCUT2D eigenvalue weighted by Crippen LogP contribution is -2.46. The summed E-state index contributed by atoms with van der Waals surface area (Å²) in [5.74, 6) is 0.347. The molecule has 1 atom stereocenters. The topological polar surface area (TPSA) is 53.1 Å². The second-order valence-corrected chi connectivity index (χ2v) is 6.39. The summed E-state index contributed by atoms with van der Waals surface area (Å²) in [6, 6.07) is 0.503. The maximum absolute atomic E-state index is 7.49. The molecule has 0 aromatic rings. The Morgan fingerprint density at radius 2 is 1.78 bits per heavy atom. The Morgan fingerprint density at radius 1 is 1.17 bits per heavy atom. The van der Waals surface area contributed by atoms with Crippen LogP contribution < -0.4 is 5.73 Å². The first-order valence-electron chi connectivity index (χ1n) is 7.72. The summed E-state index contributed by atoms with van der Waals surface area (Å²) in [6.45, 7) is 4.68. The first-order chi connectivity index (χ1) is 8.65. The van der Waals surface area contributed by atoms with E-state index in [4.69, 9.17) is 11.1 Å². The van der Waals surface area contributed by atoms with E-state index in [2.05, 4.69) is 11.8 Å². The standard InChI is InChI=1S/C15H29N3/c1-2-13(12-14(16)17)18-10-8-15(9-11-18)6-4-3-5-7-15/h13H,2-12H2,1H3,(H3,16,17). The van der Waals surface area contributed by atoms with Gasteiger partial charge >= 0.3 is 0 Å². The SMILES string of the molecule is CCC(CC(=N)N)N1CCC2(CCCCC2)CC1. The van der Waals surface area contributed by atoms with Gasteiger partial charge in [-0.3, -0.25) is 10.3 Å². The fraction of sp³-hybridized carbons (Fsp3) is 0.933. The quantitative estimate of drug-likeness (QED) is 0.596. The molecule has 1 heterocycles. The van der Waals surface area contributed by atoms with E-state index < -0.39 is 0 Å². The van der Waals surface area contributed by atoms with Crippen LogP contribution in [0.3, 0.4) is 0 Å². The number of nitrogens with one attached hydrogen (secondary N) is 1. The van der Waals surface area contributed by atoms with E-state index >= 15 is 0 Å². The van der Waals surface area contributed by atoms with Crippen molar-refractivity contribution in [2.24, 2.45) is 11.1 Å². The third kappa shape index (κ3) is 3.25. The fourth-order valence-electron chi connectivity index (χ4n) is 3.95. The molecule has 104 valence electrons. The minimum Gasteiger partial charge on any atom is -0.388 e. The summed E-state index contributed by atoms with van der Waals surface area (Å²) in [7, 11) is 0. The smallest absolute Gasteiger partial charge is 0.0921 e. The molecule has 3 N–H and O–H groups in total. The molecule has 0 amide bonds. The molecule has 0 aromatic carbocycles. The summed E-state index contributed by atoms with van der Waals surface area (Å²) in [6.07, 6.45) is 11.9. The van der Waals surface area contributed by atoms with Crippen LogP contribution in [0.2, 0.25) is 0 Å². The highest BCUT2D eigenvalue weighted by atomic mass is 15.2. The molecule has 0 bridgehead atoms. The van der Waals surface area contributed by atoms with E-state index in [-0.39, 0.29) is 0 Å². The van der Waals surface area contributed by atoms with Gasteiger partial charge in [-0.1, -0.05) is 26.2 Å². The van der Waals surface area contributed by atoms with Gasteiger partial charge in [0, 0.05) is 12.5 Å². The normalized spacial score (nSPS) is 26.1. The van der Waals surface area contributed by atoms with Crippen LogP contribution in [-0.4, -0.2) is 29.9 Å². The molecule has 3 nitrogen and oxygen atoms in total. The molecule has 1 saturated carbocycles. The molecule has 2 aliphatic rings. The largest absolute Gasteiger partial charge is 0.388 e. The van der Waals surface area contributed by atoms with Gasteiger partial charge in [-0.05, 0) is 50.6 Å². The average molecular weight is 251 g/mol. The molecule has 1 unspecified atom stereocenters. The van der Waals surface area contributed by atoms with Gasteiger partial charge in [0.05, 0.1) is 5.84 Å². The lowest BCUT2D eigenvalue weighted by molar-refractivity contribution is 0.0454. The third-order valence-electron chi connectivity index (χ3n) is 5.22. The zero-order valence-electron chi connectivity index (χ0n) is 11.9. The van der Waals surface area contributed by atoms with Gasteiger partial charge in [-0.25, -0.2) is 0 Å². The zero-order chi connectivity index (χ0) is 13.0. The Labute approximate surface area is 112 Å². The van der Waals surface area contributed by atoms with Gasteiger partial charge in [-0.2, -0.15) is 0 Å². The zero-order valence-corrected chi connectivity index (χ0v) is 11.9. The van der Waals surface area contributed by atoms with Crippen molar-refractivity contribution in [3.8, 4) is 0 Å². The summed E-state index contributed by atoms with van der Waals surface area (Å²) < 4.78 is 0. The molecular weight excluding hydrogens is 222 g/mol. The molecule has 3 heteroatoms. The highest BCUT2D eigenvalue weighted by Crippen LogP contribution is 2.44. The molecule has 1 aliphatic heterocycles. The van der Waals surface area contributed by atoms with Crippen LogP contribution in [0.5, 0.6) is 0 Å². The predicted octanol–water partition coefficient (Wildman–Crippen LogP) is 3.14. The Morgan fingerprint density at radius 3 is 2.28 bits per heavy atom. The molecular formula is C15H29N3. The van der Waals surface area contributed by atoms with Gasteiger partial charge in [0.15, 0.2) is 0 Å². The Hall–Kier alpha value is -0.570. The van der Waals surface area contributed by atoms with Gasteiger partial charge in [-0.15, -0.1) is 0 Å². The van der Waals surface area contributed by atoms with Crippen molar-refractivity contribution >= 4 is 5.84 Å². The van der Waals surface area contributed by atoms with Crippen molar-refractivity contribution in [2.75, 3.05) is 13.1 Å². The first-order valence-corrected chi connectivity index (χ1v) is 7.72. The molecule has 1 aliphatic carbocycles. The maximum atomic E-state index is 7.49. The lowest BCUT2D eigenvalue weighted by atomic mass is 9.68. The molecule has 1 saturated heterocycles. The molecule has 0 radical (unpaired) electrons. The average Bonchev–Trinajstić information content (AvgIpc) is 2.38. The van der Waals surface area contributed by atoms with Crippen molar-refractivity contribution in [3.63, 3.8) is 0 Å². The second-order valence-electron chi connectivity index (χ2n) is 6.39. The molecule has 2 fully saturated rings. The number of rotatable bonds is 4. The van der Waals surface area contributed by atoms with Crippen molar-refractivity contribution < 1.29 is 0 Å². The van der Waals surface area contributed by atoms with Gasteiger partial charge < -0.3 is 5.73 Å². The minimum atomic E-state index is 0.347. The summed E-state index contributed by atoms with van der Waals surface area (Å²) >= 11 is 0. The van der Waals surface area contributed by atoms with Crippen molar-refractivity contribution in [1.29, 1.82) is 5.41 Å². The number of amidine groups is 1. The van der Waals surface area contributed by atoms with Crippen molar-refractivity contribution in [3.05, 3.63) is 0 Å². The van der Waals surface area contributed by atoms with Crippen molar-refractivity contribution in [2.45, 2.75) is 70.8 Å². The van der Waals surface area contributed by atoms with Crippen LogP contribution in [0.4, 0.5) is 0 Å². The molecule has 1 spiro atoms. The highest BCUT2D eigenvalue weighted by molar-refractivity contribution is 5.77. The molecule has 0 aromatic heterocycles. The number of likely N-dealkylation sites (tertiary alicyclic amines) is 1. The van der Waals surface area contributed by atoms with Gasteiger partial charge in [0.1, 0.15) is 0 Å². The summed E-state index contributed by atoms with van der Waals surface area (Å²) in [5, 5.41) is 7.49. The number of nitrogens with two attached hydrogens (primary N) is 1. The Balaban J connectivity index is 1.86. The number of piperidine rings is 1. The van der Waals surface area contributed by atoms with Crippen LogP contribution in [0.1, 0.15) is 64.7 Å².